The highest BCUT2D eigenvalue weighted by atomic mass is 35.5. The fourth-order valence-corrected chi connectivity index (χ4v) is 1.31. The number of hydrogen-bond acceptors (Lipinski definition) is 3. The molecule has 0 atom stereocenters. The Hall–Kier alpha value is -1.16. The van der Waals surface area contributed by atoms with E-state index >= 15 is 0 Å². The largest absolute Gasteiger partial charge is 0.352 e. The number of carbonyl (C=O) groups excluding carboxylic acids is 1. The molecule has 4 nitrogen and oxygen atoms in total. The van der Waals surface area contributed by atoms with Gasteiger partial charge in [-0.2, -0.15) is 10.2 Å². The first-order valence-corrected chi connectivity index (χ1v) is 5.49. The zero-order valence-electron chi connectivity index (χ0n) is 8.45. The number of amides is 1. The molecule has 0 saturated carbocycles. The Kier molecular flexibility index (Phi) is 5.70. The van der Waals surface area contributed by atoms with Crippen LogP contribution in [0.15, 0.2) is 18.5 Å². The first-order chi connectivity index (χ1) is 7.34. The molecule has 1 rings (SSSR count). The lowest BCUT2D eigenvalue weighted by atomic mass is 10.2. The number of nitrogens with one attached hydrogen (secondary N) is 1. The highest BCUT2D eigenvalue weighted by Gasteiger charge is 2.03. The molecule has 82 valence electrons. The van der Waals surface area contributed by atoms with Gasteiger partial charge in [0.15, 0.2) is 0 Å². The Labute approximate surface area is 94.0 Å². The normalized spacial score (nSPS) is 9.93. The molecule has 0 fully saturated rings. The summed E-state index contributed by atoms with van der Waals surface area (Å²) in [6.07, 6.45) is 5.94. The summed E-state index contributed by atoms with van der Waals surface area (Å²) in [7, 11) is 0. The second kappa shape index (κ2) is 7.17. The topological polar surface area (TPSA) is 54.9 Å². The predicted molar refractivity (Wildman–Crippen MR) is 58.9 cm³/mol. The molecule has 1 amide bonds. The minimum Gasteiger partial charge on any atom is -0.352 e. The van der Waals surface area contributed by atoms with Crippen LogP contribution in [0.3, 0.4) is 0 Å². The van der Waals surface area contributed by atoms with Crippen molar-refractivity contribution in [2.45, 2.75) is 19.3 Å². The highest BCUT2D eigenvalue weighted by molar-refractivity contribution is 6.17. The van der Waals surface area contributed by atoms with Crippen LogP contribution in [-0.4, -0.2) is 28.5 Å². The molecule has 0 bridgehead atoms. The van der Waals surface area contributed by atoms with Crippen molar-refractivity contribution in [3.05, 3.63) is 24.0 Å². The molecular weight excluding hydrogens is 214 g/mol. The first kappa shape index (κ1) is 11.9. The van der Waals surface area contributed by atoms with Gasteiger partial charge < -0.3 is 5.32 Å². The van der Waals surface area contributed by atoms with Gasteiger partial charge in [-0.05, 0) is 18.9 Å². The smallest absolute Gasteiger partial charge is 0.252 e. The van der Waals surface area contributed by atoms with Gasteiger partial charge >= 0.3 is 0 Å². The van der Waals surface area contributed by atoms with Crippen molar-refractivity contribution in [3.8, 4) is 0 Å². The van der Waals surface area contributed by atoms with Gasteiger partial charge in [-0.25, -0.2) is 0 Å². The van der Waals surface area contributed by atoms with E-state index in [0.717, 1.165) is 19.3 Å². The Morgan fingerprint density at radius 1 is 1.33 bits per heavy atom. The van der Waals surface area contributed by atoms with Crippen LogP contribution < -0.4 is 5.32 Å². The summed E-state index contributed by atoms with van der Waals surface area (Å²) in [5.41, 5.74) is 0.544. The summed E-state index contributed by atoms with van der Waals surface area (Å²) in [6.45, 7) is 0.679. The van der Waals surface area contributed by atoms with E-state index < -0.39 is 0 Å². The third kappa shape index (κ3) is 4.74. The lowest BCUT2D eigenvalue weighted by molar-refractivity contribution is 0.0952. The van der Waals surface area contributed by atoms with Crippen LogP contribution in [-0.2, 0) is 0 Å². The Bertz CT molecular complexity index is 292. The van der Waals surface area contributed by atoms with Crippen LogP contribution in [0, 0.1) is 0 Å². The minimum absolute atomic E-state index is 0.101. The zero-order valence-corrected chi connectivity index (χ0v) is 9.20. The molecule has 0 aliphatic heterocycles. The van der Waals surface area contributed by atoms with Crippen molar-refractivity contribution in [1.82, 2.24) is 15.5 Å². The second-order valence-electron chi connectivity index (χ2n) is 3.14. The lowest BCUT2D eigenvalue weighted by Crippen LogP contribution is -2.24. The van der Waals surface area contributed by atoms with E-state index in [0.29, 0.717) is 18.0 Å². The fourth-order valence-electron chi connectivity index (χ4n) is 1.13. The average molecular weight is 228 g/mol. The summed E-state index contributed by atoms with van der Waals surface area (Å²) >= 11 is 5.54. The molecule has 1 N–H and O–H groups in total. The van der Waals surface area contributed by atoms with Gasteiger partial charge in [-0.1, -0.05) is 6.42 Å². The summed E-state index contributed by atoms with van der Waals surface area (Å²) in [4.78, 5) is 11.5. The van der Waals surface area contributed by atoms with E-state index in [9.17, 15) is 4.79 Å². The zero-order chi connectivity index (χ0) is 10.9. The summed E-state index contributed by atoms with van der Waals surface area (Å²) < 4.78 is 0. The number of rotatable bonds is 6. The fraction of sp³-hybridized carbons (Fsp3) is 0.500. The number of carbonyl (C=O) groups is 1. The van der Waals surface area contributed by atoms with Crippen molar-refractivity contribution in [2.24, 2.45) is 0 Å². The van der Waals surface area contributed by atoms with E-state index in [1.165, 1.54) is 12.4 Å². The van der Waals surface area contributed by atoms with Crippen LogP contribution >= 0.6 is 11.6 Å². The molecule has 0 spiro atoms. The minimum atomic E-state index is -0.101. The van der Waals surface area contributed by atoms with Crippen molar-refractivity contribution in [3.63, 3.8) is 0 Å². The summed E-state index contributed by atoms with van der Waals surface area (Å²) in [5.74, 6) is 0.582. The molecule has 5 heteroatoms. The summed E-state index contributed by atoms with van der Waals surface area (Å²) in [5, 5.41) is 10.0. The molecule has 0 radical (unpaired) electrons. The molecule has 0 unspecified atom stereocenters. The van der Waals surface area contributed by atoms with Crippen LogP contribution in [0.5, 0.6) is 0 Å². The van der Waals surface area contributed by atoms with Gasteiger partial charge in [-0.3, -0.25) is 4.79 Å². The van der Waals surface area contributed by atoms with Gasteiger partial charge in [0.2, 0.25) is 0 Å². The molecule has 15 heavy (non-hydrogen) atoms. The molecule has 1 aromatic rings. The van der Waals surface area contributed by atoms with E-state index in [2.05, 4.69) is 15.5 Å². The van der Waals surface area contributed by atoms with Crippen LogP contribution in [0.1, 0.15) is 29.6 Å². The van der Waals surface area contributed by atoms with E-state index in [4.69, 9.17) is 11.6 Å². The van der Waals surface area contributed by atoms with Crippen molar-refractivity contribution in [1.29, 1.82) is 0 Å². The molecule has 0 aliphatic rings. The molecule has 0 aliphatic carbocycles. The predicted octanol–water partition coefficient (Wildman–Crippen LogP) is 1.62. The van der Waals surface area contributed by atoms with Crippen molar-refractivity contribution >= 4 is 17.5 Å². The van der Waals surface area contributed by atoms with Crippen molar-refractivity contribution in [2.75, 3.05) is 12.4 Å². The molecule has 0 aromatic carbocycles. The number of halogens is 1. The maximum Gasteiger partial charge on any atom is 0.252 e. The van der Waals surface area contributed by atoms with Gasteiger partial charge in [0, 0.05) is 12.4 Å². The standard InChI is InChI=1S/C10H14ClN3O/c11-5-2-1-3-6-12-10(15)9-4-7-13-14-8-9/h4,7-8H,1-3,5-6H2,(H,12,15). The van der Waals surface area contributed by atoms with E-state index in [-0.39, 0.29) is 5.91 Å². The third-order valence-electron chi connectivity index (χ3n) is 1.94. The number of nitrogens with zero attached hydrogens (tertiary/aromatic N) is 2. The SMILES string of the molecule is O=C(NCCCCCCl)c1ccnnc1. The quantitative estimate of drug-likeness (QED) is 0.594. The van der Waals surface area contributed by atoms with Gasteiger partial charge in [-0.15, -0.1) is 11.6 Å². The van der Waals surface area contributed by atoms with Gasteiger partial charge in [0.25, 0.3) is 5.91 Å². The monoisotopic (exact) mass is 227 g/mol. The average Bonchev–Trinajstić information content (AvgIpc) is 2.30. The maximum atomic E-state index is 11.5. The highest BCUT2D eigenvalue weighted by Crippen LogP contribution is 1.97. The third-order valence-corrected chi connectivity index (χ3v) is 2.21. The Balaban J connectivity index is 2.20. The number of unbranched alkanes of at least 4 members (excludes halogenated alkanes) is 2. The molecule has 1 aromatic heterocycles. The van der Waals surface area contributed by atoms with Gasteiger partial charge in [0.1, 0.15) is 0 Å². The lowest BCUT2D eigenvalue weighted by Gasteiger charge is -2.03. The summed E-state index contributed by atoms with van der Waals surface area (Å²) in [6, 6.07) is 1.64. The Morgan fingerprint density at radius 3 is 2.87 bits per heavy atom. The van der Waals surface area contributed by atoms with Crippen LogP contribution in [0.2, 0.25) is 0 Å². The molecule has 0 saturated heterocycles. The van der Waals surface area contributed by atoms with Crippen LogP contribution in [0.4, 0.5) is 0 Å². The molecule has 1 heterocycles. The van der Waals surface area contributed by atoms with Gasteiger partial charge in [0.05, 0.1) is 18.0 Å². The van der Waals surface area contributed by atoms with E-state index in [1.54, 1.807) is 6.07 Å². The Morgan fingerprint density at radius 2 is 2.20 bits per heavy atom. The van der Waals surface area contributed by atoms with E-state index in [1.807, 2.05) is 0 Å². The van der Waals surface area contributed by atoms with Crippen LogP contribution in [0.25, 0.3) is 0 Å². The van der Waals surface area contributed by atoms with Crippen molar-refractivity contribution < 1.29 is 4.79 Å². The molecular formula is C10H14ClN3O. The number of aromatic nitrogens is 2. The number of alkyl halides is 1. The second-order valence-corrected chi connectivity index (χ2v) is 3.51. The maximum absolute atomic E-state index is 11.5. The first-order valence-electron chi connectivity index (χ1n) is 4.95. The number of hydrogen-bond donors (Lipinski definition) is 1.